The normalized spacial score (nSPS) is 10.5. The zero-order valence-electron chi connectivity index (χ0n) is 18.7. The van der Waals surface area contributed by atoms with E-state index < -0.39 is 5.91 Å². The van der Waals surface area contributed by atoms with Gasteiger partial charge in [-0.2, -0.15) is 4.80 Å². The highest BCUT2D eigenvalue weighted by molar-refractivity contribution is 5.95. The Balaban J connectivity index is 1.18. The lowest BCUT2D eigenvalue weighted by Gasteiger charge is -2.08. The van der Waals surface area contributed by atoms with Crippen molar-refractivity contribution in [2.75, 3.05) is 6.54 Å². The van der Waals surface area contributed by atoms with E-state index >= 15 is 0 Å². The summed E-state index contributed by atoms with van der Waals surface area (Å²) < 4.78 is 4.99. The van der Waals surface area contributed by atoms with Crippen molar-refractivity contribution in [1.82, 2.24) is 36.4 Å². The van der Waals surface area contributed by atoms with Crippen molar-refractivity contribution in [2.45, 2.75) is 19.4 Å². The molecule has 0 aliphatic carbocycles. The first-order valence-corrected chi connectivity index (χ1v) is 10.9. The van der Waals surface area contributed by atoms with E-state index in [1.54, 1.807) is 36.4 Å². The fourth-order valence-corrected chi connectivity index (χ4v) is 3.14. The first kappa shape index (κ1) is 23.4. The van der Waals surface area contributed by atoms with Gasteiger partial charge in [0, 0.05) is 24.1 Å². The van der Waals surface area contributed by atoms with Gasteiger partial charge in [-0.05, 0) is 41.5 Å². The Morgan fingerprint density at radius 2 is 1.69 bits per heavy atom. The van der Waals surface area contributed by atoms with Gasteiger partial charge in [0.2, 0.25) is 11.7 Å². The second kappa shape index (κ2) is 11.4. The van der Waals surface area contributed by atoms with Crippen molar-refractivity contribution in [3.8, 4) is 11.4 Å². The van der Waals surface area contributed by atoms with Gasteiger partial charge in [0.05, 0.1) is 12.8 Å². The lowest BCUT2D eigenvalue weighted by molar-refractivity contribution is -0.121. The molecule has 0 atom stereocenters. The van der Waals surface area contributed by atoms with Crippen molar-refractivity contribution in [2.24, 2.45) is 0 Å². The third-order valence-electron chi connectivity index (χ3n) is 4.95. The molecule has 2 aromatic carbocycles. The van der Waals surface area contributed by atoms with Crippen molar-refractivity contribution < 1.29 is 18.8 Å². The van der Waals surface area contributed by atoms with Gasteiger partial charge in [0.1, 0.15) is 0 Å². The summed E-state index contributed by atoms with van der Waals surface area (Å²) in [5, 5.41) is 15.2. The standard InChI is InChI=1S/C24H23N7O4/c32-21(9-4-14-25-24(34)20-8-5-15-35-20)26-28-23(33)19-12-10-17(11-13-19)16-31-29-22(27-30-31)18-6-2-1-3-7-18/h1-3,5-8,10-13,15H,4,9,14,16H2,(H,25,34)(H,26,32)(H,28,33). The van der Waals surface area contributed by atoms with Crippen LogP contribution in [0.3, 0.4) is 0 Å². The Bertz CT molecular complexity index is 1270. The Kier molecular flexibility index (Phi) is 7.59. The van der Waals surface area contributed by atoms with Gasteiger partial charge in [0.15, 0.2) is 5.76 Å². The van der Waals surface area contributed by atoms with Crippen molar-refractivity contribution in [3.05, 3.63) is 89.9 Å². The molecule has 35 heavy (non-hydrogen) atoms. The van der Waals surface area contributed by atoms with Crippen LogP contribution in [0.1, 0.15) is 39.3 Å². The molecule has 2 aromatic heterocycles. The summed E-state index contributed by atoms with van der Waals surface area (Å²) in [6.45, 7) is 0.699. The van der Waals surface area contributed by atoms with E-state index in [1.165, 1.54) is 11.1 Å². The number of rotatable bonds is 9. The maximum Gasteiger partial charge on any atom is 0.286 e. The summed E-state index contributed by atoms with van der Waals surface area (Å²) in [7, 11) is 0. The summed E-state index contributed by atoms with van der Waals surface area (Å²) in [5.74, 6) is -0.405. The zero-order chi connectivity index (χ0) is 24.5. The minimum Gasteiger partial charge on any atom is -0.459 e. The molecule has 4 aromatic rings. The molecule has 0 spiro atoms. The summed E-state index contributed by atoms with van der Waals surface area (Å²) in [4.78, 5) is 37.4. The van der Waals surface area contributed by atoms with E-state index in [2.05, 4.69) is 31.6 Å². The number of nitrogens with one attached hydrogen (secondary N) is 3. The molecule has 11 nitrogen and oxygen atoms in total. The molecule has 0 radical (unpaired) electrons. The summed E-state index contributed by atoms with van der Waals surface area (Å²) in [5.41, 5.74) is 6.90. The van der Waals surface area contributed by atoms with Crippen LogP contribution >= 0.6 is 0 Å². The van der Waals surface area contributed by atoms with Gasteiger partial charge in [0.25, 0.3) is 11.8 Å². The molecule has 11 heteroatoms. The van der Waals surface area contributed by atoms with Gasteiger partial charge >= 0.3 is 0 Å². The van der Waals surface area contributed by atoms with Crippen molar-refractivity contribution in [3.63, 3.8) is 0 Å². The van der Waals surface area contributed by atoms with E-state index in [0.29, 0.717) is 30.9 Å². The largest absolute Gasteiger partial charge is 0.459 e. The average molecular weight is 473 g/mol. The molecule has 0 aliphatic heterocycles. The fourth-order valence-electron chi connectivity index (χ4n) is 3.14. The van der Waals surface area contributed by atoms with Gasteiger partial charge in [-0.25, -0.2) is 0 Å². The molecule has 0 unspecified atom stereocenters. The molecule has 0 saturated carbocycles. The summed E-state index contributed by atoms with van der Waals surface area (Å²) in [6, 6.07) is 19.6. The quantitative estimate of drug-likeness (QED) is 0.249. The third-order valence-corrected chi connectivity index (χ3v) is 4.95. The zero-order valence-corrected chi connectivity index (χ0v) is 18.7. The first-order valence-electron chi connectivity index (χ1n) is 10.9. The fraction of sp³-hybridized carbons (Fsp3) is 0.167. The van der Waals surface area contributed by atoms with Gasteiger partial charge in [-0.15, -0.1) is 10.2 Å². The van der Waals surface area contributed by atoms with E-state index in [4.69, 9.17) is 4.42 Å². The predicted molar refractivity (Wildman–Crippen MR) is 125 cm³/mol. The van der Waals surface area contributed by atoms with Crippen LogP contribution in [-0.2, 0) is 11.3 Å². The number of hydrazine groups is 1. The maximum absolute atomic E-state index is 12.3. The first-order chi connectivity index (χ1) is 17.1. The number of tetrazole rings is 1. The van der Waals surface area contributed by atoms with E-state index in [0.717, 1.165) is 11.1 Å². The Morgan fingerprint density at radius 3 is 2.43 bits per heavy atom. The van der Waals surface area contributed by atoms with Gasteiger partial charge in [-0.1, -0.05) is 42.5 Å². The number of furan rings is 1. The van der Waals surface area contributed by atoms with Crippen LogP contribution in [0.5, 0.6) is 0 Å². The smallest absolute Gasteiger partial charge is 0.286 e. The predicted octanol–water partition coefficient (Wildman–Crippen LogP) is 1.95. The highest BCUT2D eigenvalue weighted by atomic mass is 16.3. The van der Waals surface area contributed by atoms with E-state index in [1.807, 2.05) is 30.3 Å². The Hall–Kier alpha value is -4.80. The lowest BCUT2D eigenvalue weighted by Crippen LogP contribution is -2.41. The maximum atomic E-state index is 12.3. The SMILES string of the molecule is O=C(CCCNC(=O)c1ccco1)NNC(=O)c1ccc(Cn2nnc(-c3ccccc3)n2)cc1. The third kappa shape index (κ3) is 6.60. The van der Waals surface area contributed by atoms with E-state index in [9.17, 15) is 14.4 Å². The molecule has 0 fully saturated rings. The minimum atomic E-state index is -0.443. The number of benzene rings is 2. The number of hydrogen-bond donors (Lipinski definition) is 3. The molecular weight excluding hydrogens is 450 g/mol. The lowest BCUT2D eigenvalue weighted by atomic mass is 10.1. The van der Waals surface area contributed by atoms with Crippen LogP contribution in [0.25, 0.3) is 11.4 Å². The monoisotopic (exact) mass is 473 g/mol. The Labute approximate surface area is 200 Å². The topological polar surface area (TPSA) is 144 Å². The van der Waals surface area contributed by atoms with Crippen LogP contribution < -0.4 is 16.2 Å². The second-order valence-electron chi connectivity index (χ2n) is 7.55. The van der Waals surface area contributed by atoms with Crippen LogP contribution in [0, 0.1) is 0 Å². The van der Waals surface area contributed by atoms with Crippen molar-refractivity contribution >= 4 is 17.7 Å². The molecule has 0 saturated heterocycles. The molecule has 0 aliphatic rings. The second-order valence-corrected chi connectivity index (χ2v) is 7.55. The molecular formula is C24H23N7O4. The number of carbonyl (C=O) groups excluding carboxylic acids is 3. The summed E-state index contributed by atoms with van der Waals surface area (Å²) in [6.07, 6.45) is 1.95. The highest BCUT2D eigenvalue weighted by Gasteiger charge is 2.10. The van der Waals surface area contributed by atoms with Gasteiger partial charge in [-0.3, -0.25) is 25.2 Å². The molecule has 0 bridgehead atoms. The Morgan fingerprint density at radius 1 is 0.886 bits per heavy atom. The van der Waals surface area contributed by atoms with E-state index in [-0.39, 0.29) is 24.0 Å². The average Bonchev–Trinajstić information content (AvgIpc) is 3.59. The summed E-state index contributed by atoms with van der Waals surface area (Å²) >= 11 is 0. The number of carbonyl (C=O) groups is 3. The number of amides is 3. The van der Waals surface area contributed by atoms with Crippen LogP contribution in [0.2, 0.25) is 0 Å². The molecule has 178 valence electrons. The number of aromatic nitrogens is 4. The molecule has 3 N–H and O–H groups in total. The number of nitrogens with zero attached hydrogens (tertiary/aromatic N) is 4. The van der Waals surface area contributed by atoms with Crippen molar-refractivity contribution in [1.29, 1.82) is 0 Å². The molecule has 4 rings (SSSR count). The molecule has 3 amide bonds. The minimum absolute atomic E-state index is 0.132. The van der Waals surface area contributed by atoms with Crippen LogP contribution in [-0.4, -0.2) is 44.5 Å². The van der Waals surface area contributed by atoms with Gasteiger partial charge < -0.3 is 9.73 Å². The van der Waals surface area contributed by atoms with Crippen LogP contribution in [0.4, 0.5) is 0 Å². The highest BCUT2D eigenvalue weighted by Crippen LogP contribution is 2.12. The molecule has 2 heterocycles. The van der Waals surface area contributed by atoms with Crippen LogP contribution in [0.15, 0.2) is 77.4 Å². The number of hydrogen-bond acceptors (Lipinski definition) is 7.